The number of halogens is 1. The van der Waals surface area contributed by atoms with Crippen molar-refractivity contribution in [3.8, 4) is 0 Å². The average Bonchev–Trinajstić information content (AvgIpc) is 2.86. The maximum Gasteiger partial charge on any atom is 0.254 e. The van der Waals surface area contributed by atoms with Crippen molar-refractivity contribution in [1.29, 1.82) is 0 Å². The zero-order valence-electron chi connectivity index (χ0n) is 10.5. The van der Waals surface area contributed by atoms with Crippen LogP contribution in [0.1, 0.15) is 23.2 Å². The fourth-order valence-corrected chi connectivity index (χ4v) is 2.98. The van der Waals surface area contributed by atoms with Gasteiger partial charge in [-0.2, -0.15) is 0 Å². The van der Waals surface area contributed by atoms with Gasteiger partial charge in [0, 0.05) is 24.7 Å². The Labute approximate surface area is 120 Å². The van der Waals surface area contributed by atoms with E-state index in [1.807, 2.05) is 0 Å². The van der Waals surface area contributed by atoms with Gasteiger partial charge in [-0.15, -0.1) is 0 Å². The van der Waals surface area contributed by atoms with Gasteiger partial charge in [-0.05, 0) is 34.5 Å². The Kier molecular flexibility index (Phi) is 3.56. The van der Waals surface area contributed by atoms with E-state index in [-0.39, 0.29) is 5.91 Å². The van der Waals surface area contributed by atoms with Gasteiger partial charge in [-0.25, -0.2) is 4.98 Å². The van der Waals surface area contributed by atoms with E-state index >= 15 is 0 Å². The molecule has 0 radical (unpaired) electrons. The summed E-state index contributed by atoms with van der Waals surface area (Å²) in [5, 5.41) is 0. The van der Waals surface area contributed by atoms with Gasteiger partial charge >= 0.3 is 0 Å². The largest absolute Gasteiger partial charge is 0.346 e. The van der Waals surface area contributed by atoms with E-state index in [1.165, 1.54) is 0 Å². The number of amides is 1. The van der Waals surface area contributed by atoms with Crippen molar-refractivity contribution in [3.05, 3.63) is 28.5 Å². The first-order valence-corrected chi connectivity index (χ1v) is 7.17. The van der Waals surface area contributed by atoms with Crippen LogP contribution in [0.15, 0.2) is 22.9 Å². The summed E-state index contributed by atoms with van der Waals surface area (Å²) in [4.78, 5) is 18.3. The summed E-state index contributed by atoms with van der Waals surface area (Å²) in [7, 11) is 0. The second kappa shape index (κ2) is 5.19. The second-order valence-electron chi connectivity index (χ2n) is 4.81. The van der Waals surface area contributed by atoms with Crippen molar-refractivity contribution in [3.63, 3.8) is 0 Å². The highest BCUT2D eigenvalue weighted by Crippen LogP contribution is 2.30. The van der Waals surface area contributed by atoms with Crippen LogP contribution in [-0.2, 0) is 9.47 Å². The molecule has 3 rings (SSSR count). The third kappa shape index (κ3) is 2.66. The molecule has 1 spiro atoms. The predicted molar refractivity (Wildman–Crippen MR) is 71.7 cm³/mol. The Bertz CT molecular complexity index is 489. The van der Waals surface area contributed by atoms with E-state index < -0.39 is 5.79 Å². The van der Waals surface area contributed by atoms with E-state index in [0.717, 1.165) is 19.4 Å². The van der Waals surface area contributed by atoms with Crippen molar-refractivity contribution >= 4 is 21.8 Å². The summed E-state index contributed by atoms with van der Waals surface area (Å²) in [6, 6.07) is 3.46. The van der Waals surface area contributed by atoms with E-state index in [0.29, 0.717) is 29.9 Å². The van der Waals surface area contributed by atoms with Gasteiger partial charge in [0.25, 0.3) is 5.91 Å². The highest BCUT2D eigenvalue weighted by Gasteiger charge is 2.42. The number of likely N-dealkylation sites (tertiary alicyclic amines) is 1. The zero-order chi connectivity index (χ0) is 13.3. The molecule has 0 atom stereocenters. The Morgan fingerprint density at radius 1 is 1.42 bits per heavy atom. The minimum atomic E-state index is -0.571. The smallest absolute Gasteiger partial charge is 0.254 e. The summed E-state index contributed by atoms with van der Waals surface area (Å²) >= 11 is 3.28. The van der Waals surface area contributed by atoms with Crippen LogP contribution in [0.25, 0.3) is 0 Å². The van der Waals surface area contributed by atoms with Gasteiger partial charge in [-0.3, -0.25) is 4.79 Å². The van der Waals surface area contributed by atoms with Crippen molar-refractivity contribution in [1.82, 2.24) is 9.88 Å². The standard InChI is InChI=1S/C13H15BrN2O3/c14-11-8-10(2-4-15-11)12(17)16-5-1-3-13(9-16)18-6-7-19-13/h2,4,8H,1,3,5-7,9H2. The first-order chi connectivity index (χ1) is 9.19. The quantitative estimate of drug-likeness (QED) is 0.739. The highest BCUT2D eigenvalue weighted by atomic mass is 79.9. The van der Waals surface area contributed by atoms with Gasteiger partial charge in [0.1, 0.15) is 4.60 Å². The number of nitrogens with zero attached hydrogens (tertiary/aromatic N) is 2. The molecule has 0 N–H and O–H groups in total. The molecular formula is C13H15BrN2O3. The van der Waals surface area contributed by atoms with Gasteiger partial charge in [0.15, 0.2) is 5.79 Å². The summed E-state index contributed by atoms with van der Waals surface area (Å²) in [6.45, 7) is 2.48. The molecule has 0 unspecified atom stereocenters. The summed E-state index contributed by atoms with van der Waals surface area (Å²) in [5.41, 5.74) is 0.636. The van der Waals surface area contributed by atoms with E-state index in [2.05, 4.69) is 20.9 Å². The lowest BCUT2D eigenvalue weighted by atomic mass is 10.0. The molecule has 1 amide bonds. The minimum absolute atomic E-state index is 0.00118. The summed E-state index contributed by atoms with van der Waals surface area (Å²) in [6.07, 6.45) is 3.38. The molecule has 2 aliphatic heterocycles. The molecule has 3 heterocycles. The molecule has 1 aromatic rings. The monoisotopic (exact) mass is 326 g/mol. The van der Waals surface area contributed by atoms with Crippen molar-refractivity contribution < 1.29 is 14.3 Å². The number of piperidine rings is 1. The predicted octanol–water partition coefficient (Wildman–Crippen LogP) is 1.82. The van der Waals surface area contributed by atoms with Crippen LogP contribution in [0.2, 0.25) is 0 Å². The highest BCUT2D eigenvalue weighted by molar-refractivity contribution is 9.10. The van der Waals surface area contributed by atoms with E-state index in [9.17, 15) is 4.79 Å². The fraction of sp³-hybridized carbons (Fsp3) is 0.538. The Balaban J connectivity index is 1.76. The number of hydrogen-bond donors (Lipinski definition) is 0. The molecule has 2 aliphatic rings. The van der Waals surface area contributed by atoms with E-state index in [1.54, 1.807) is 23.2 Å². The minimum Gasteiger partial charge on any atom is -0.346 e. The second-order valence-corrected chi connectivity index (χ2v) is 5.62. The first kappa shape index (κ1) is 13.0. The van der Waals surface area contributed by atoms with Gasteiger partial charge in [0.2, 0.25) is 0 Å². The first-order valence-electron chi connectivity index (χ1n) is 6.37. The van der Waals surface area contributed by atoms with Gasteiger partial charge in [-0.1, -0.05) is 0 Å². The lowest BCUT2D eigenvalue weighted by molar-refractivity contribution is -0.183. The van der Waals surface area contributed by atoms with Crippen molar-refractivity contribution in [2.45, 2.75) is 18.6 Å². The SMILES string of the molecule is O=C(c1ccnc(Br)c1)N1CCCC2(C1)OCCO2. The van der Waals surface area contributed by atoms with Crippen LogP contribution in [0.3, 0.4) is 0 Å². The lowest BCUT2D eigenvalue weighted by Crippen LogP contribution is -2.51. The number of pyridine rings is 1. The molecule has 0 saturated carbocycles. The van der Waals surface area contributed by atoms with E-state index in [4.69, 9.17) is 9.47 Å². The molecule has 0 aliphatic carbocycles. The van der Waals surface area contributed by atoms with Crippen LogP contribution in [0.5, 0.6) is 0 Å². The molecule has 0 aromatic carbocycles. The van der Waals surface area contributed by atoms with Crippen molar-refractivity contribution in [2.75, 3.05) is 26.3 Å². The summed E-state index contributed by atoms with van der Waals surface area (Å²) in [5.74, 6) is -0.570. The van der Waals surface area contributed by atoms with Crippen LogP contribution >= 0.6 is 15.9 Å². The number of rotatable bonds is 1. The maximum atomic E-state index is 12.5. The molecule has 0 bridgehead atoms. The molecule has 102 valence electrons. The lowest BCUT2D eigenvalue weighted by Gasteiger charge is -2.38. The molecule has 19 heavy (non-hydrogen) atoms. The molecule has 2 saturated heterocycles. The number of ether oxygens (including phenoxy) is 2. The third-order valence-corrected chi connectivity index (χ3v) is 3.93. The van der Waals surface area contributed by atoms with Crippen LogP contribution in [0.4, 0.5) is 0 Å². The number of aromatic nitrogens is 1. The van der Waals surface area contributed by atoms with Crippen LogP contribution in [0, 0.1) is 0 Å². The Morgan fingerprint density at radius 3 is 2.95 bits per heavy atom. The molecule has 2 fully saturated rings. The van der Waals surface area contributed by atoms with Gasteiger partial charge in [0.05, 0.1) is 19.8 Å². The molecular weight excluding hydrogens is 312 g/mol. The fourth-order valence-electron chi connectivity index (χ4n) is 2.61. The summed E-state index contributed by atoms with van der Waals surface area (Å²) < 4.78 is 12.0. The number of carbonyl (C=O) groups excluding carboxylic acids is 1. The third-order valence-electron chi connectivity index (χ3n) is 3.49. The molecule has 1 aromatic heterocycles. The molecule has 6 heteroatoms. The normalized spacial score (nSPS) is 21.8. The maximum absolute atomic E-state index is 12.5. The van der Waals surface area contributed by atoms with Crippen LogP contribution in [-0.4, -0.2) is 47.9 Å². The topological polar surface area (TPSA) is 51.7 Å². The number of hydrogen-bond acceptors (Lipinski definition) is 4. The molecule has 5 nitrogen and oxygen atoms in total. The number of carbonyl (C=O) groups is 1. The Morgan fingerprint density at radius 2 is 2.21 bits per heavy atom. The van der Waals surface area contributed by atoms with Crippen LogP contribution < -0.4 is 0 Å². The Hall–Kier alpha value is -0.980. The average molecular weight is 327 g/mol. The van der Waals surface area contributed by atoms with Gasteiger partial charge < -0.3 is 14.4 Å². The zero-order valence-corrected chi connectivity index (χ0v) is 12.1. The van der Waals surface area contributed by atoms with Crippen molar-refractivity contribution in [2.24, 2.45) is 0 Å².